The summed E-state index contributed by atoms with van der Waals surface area (Å²) >= 11 is 0. The number of hydrogen-bond donors (Lipinski definition) is 0. The van der Waals surface area contributed by atoms with Gasteiger partial charge in [0, 0.05) is 12.7 Å². The molecule has 0 bridgehead atoms. The smallest absolute Gasteiger partial charge is 0.0827 e. The van der Waals surface area contributed by atoms with Crippen LogP contribution in [0.15, 0.2) is 6.20 Å². The fourth-order valence-corrected chi connectivity index (χ4v) is 3.25. The van der Waals surface area contributed by atoms with Gasteiger partial charge in [0.25, 0.3) is 0 Å². The lowest BCUT2D eigenvalue weighted by Gasteiger charge is -2.16. The number of aryl methyl sites for hydroxylation is 2. The van der Waals surface area contributed by atoms with Crippen molar-refractivity contribution in [3.05, 3.63) is 11.9 Å². The van der Waals surface area contributed by atoms with E-state index in [0.717, 1.165) is 24.6 Å². The van der Waals surface area contributed by atoms with Crippen molar-refractivity contribution in [1.29, 1.82) is 0 Å². The Labute approximate surface area is 157 Å². The van der Waals surface area contributed by atoms with Gasteiger partial charge >= 0.3 is 0 Å². The molecule has 0 aromatic carbocycles. The van der Waals surface area contributed by atoms with E-state index in [4.69, 9.17) is 0 Å². The average Bonchev–Trinajstić information content (AvgIpc) is 2.95. The van der Waals surface area contributed by atoms with Gasteiger partial charge in [0.2, 0.25) is 0 Å². The third-order valence-electron chi connectivity index (χ3n) is 4.86. The largest absolute Gasteiger partial charge is 0.252 e. The number of unbranched alkanes of at least 4 members (excludes halogenated alkanes) is 7. The van der Waals surface area contributed by atoms with E-state index in [1.807, 2.05) is 4.68 Å². The van der Waals surface area contributed by atoms with E-state index in [0.29, 0.717) is 5.41 Å². The first-order chi connectivity index (χ1) is 11.9. The zero-order chi connectivity index (χ0) is 18.5. The lowest BCUT2D eigenvalue weighted by Crippen LogP contribution is -2.05. The fraction of sp³-hybridized carbons (Fsp3) is 0.909. The summed E-state index contributed by atoms with van der Waals surface area (Å²) in [5.74, 6) is 0.871. The van der Waals surface area contributed by atoms with E-state index in [1.165, 1.54) is 70.6 Å². The minimum absolute atomic E-state index is 0.421. The molecule has 146 valence electrons. The molecule has 0 unspecified atom stereocenters. The first kappa shape index (κ1) is 22.2. The van der Waals surface area contributed by atoms with Crippen LogP contribution in [0.1, 0.15) is 111 Å². The molecule has 0 amide bonds. The van der Waals surface area contributed by atoms with E-state index < -0.39 is 0 Å². The maximum Gasteiger partial charge on any atom is 0.0827 e. The Morgan fingerprint density at radius 2 is 1.48 bits per heavy atom. The molecule has 1 heterocycles. The molecule has 0 radical (unpaired) electrons. The molecule has 1 aromatic heterocycles. The van der Waals surface area contributed by atoms with Gasteiger partial charge in [-0.05, 0) is 37.0 Å². The highest BCUT2D eigenvalue weighted by atomic mass is 15.4. The van der Waals surface area contributed by atoms with Gasteiger partial charge in [-0.2, -0.15) is 0 Å². The van der Waals surface area contributed by atoms with Crippen LogP contribution in [-0.2, 0) is 13.0 Å². The quantitative estimate of drug-likeness (QED) is 0.345. The third kappa shape index (κ3) is 13.1. The Morgan fingerprint density at radius 3 is 2.08 bits per heavy atom. The lowest BCUT2D eigenvalue weighted by atomic mass is 9.89. The zero-order valence-electron chi connectivity index (χ0n) is 17.7. The van der Waals surface area contributed by atoms with Gasteiger partial charge in [0.15, 0.2) is 0 Å². The molecule has 0 N–H and O–H groups in total. The van der Waals surface area contributed by atoms with Crippen LogP contribution in [0.2, 0.25) is 0 Å². The van der Waals surface area contributed by atoms with Crippen molar-refractivity contribution in [2.24, 2.45) is 11.3 Å². The Kier molecular flexibility index (Phi) is 11.1. The monoisotopic (exact) mass is 349 g/mol. The summed E-state index contributed by atoms with van der Waals surface area (Å²) in [6.45, 7) is 12.6. The molecule has 1 rings (SSSR count). The third-order valence-corrected chi connectivity index (χ3v) is 4.86. The second kappa shape index (κ2) is 12.5. The van der Waals surface area contributed by atoms with Crippen LogP contribution in [0.5, 0.6) is 0 Å². The van der Waals surface area contributed by atoms with Crippen molar-refractivity contribution < 1.29 is 0 Å². The zero-order valence-corrected chi connectivity index (χ0v) is 17.7. The summed E-state index contributed by atoms with van der Waals surface area (Å²) in [6.07, 6.45) is 18.1. The van der Waals surface area contributed by atoms with Crippen molar-refractivity contribution in [1.82, 2.24) is 15.0 Å². The Balaban J connectivity index is 1.96. The lowest BCUT2D eigenvalue weighted by molar-refractivity contribution is 0.365. The van der Waals surface area contributed by atoms with E-state index in [9.17, 15) is 0 Å². The maximum atomic E-state index is 4.32. The summed E-state index contributed by atoms with van der Waals surface area (Å²) in [4.78, 5) is 0. The topological polar surface area (TPSA) is 30.7 Å². The molecular formula is C22H43N3. The van der Waals surface area contributed by atoms with E-state index in [-0.39, 0.29) is 0 Å². The Hall–Kier alpha value is -0.860. The molecule has 0 saturated carbocycles. The van der Waals surface area contributed by atoms with Crippen molar-refractivity contribution in [2.45, 2.75) is 118 Å². The molecule has 0 aliphatic heterocycles. The van der Waals surface area contributed by atoms with Gasteiger partial charge < -0.3 is 0 Å². The van der Waals surface area contributed by atoms with E-state index in [2.05, 4.69) is 51.1 Å². The first-order valence-corrected chi connectivity index (χ1v) is 10.8. The van der Waals surface area contributed by atoms with Crippen LogP contribution in [0, 0.1) is 11.3 Å². The van der Waals surface area contributed by atoms with Crippen LogP contribution < -0.4 is 0 Å². The summed E-state index contributed by atoms with van der Waals surface area (Å²) in [6, 6.07) is 0. The second-order valence-corrected chi connectivity index (χ2v) is 9.40. The maximum absolute atomic E-state index is 4.32. The van der Waals surface area contributed by atoms with Gasteiger partial charge in [-0.25, -0.2) is 0 Å². The number of rotatable bonds is 14. The molecule has 1 aromatic rings. The standard InChI is InChI=1S/C22H43N3/c1-20(2)15-12-10-8-6-7-9-11-13-18-25-19-21(23-24-25)16-14-17-22(3,4)5/h19-20H,6-18H2,1-5H3. The van der Waals surface area contributed by atoms with Crippen LogP contribution >= 0.6 is 0 Å². The van der Waals surface area contributed by atoms with Crippen LogP contribution in [-0.4, -0.2) is 15.0 Å². The normalized spacial score (nSPS) is 12.2. The minimum Gasteiger partial charge on any atom is -0.252 e. The molecular weight excluding hydrogens is 306 g/mol. The molecule has 0 fully saturated rings. The molecule has 0 aliphatic carbocycles. The second-order valence-electron chi connectivity index (χ2n) is 9.40. The molecule has 0 spiro atoms. The van der Waals surface area contributed by atoms with Crippen LogP contribution in [0.4, 0.5) is 0 Å². The SMILES string of the molecule is CC(C)CCCCCCCCCCn1cc(CCCC(C)(C)C)nn1. The molecule has 0 aliphatic rings. The summed E-state index contributed by atoms with van der Waals surface area (Å²) in [7, 11) is 0. The number of hydrogen-bond acceptors (Lipinski definition) is 2. The Bertz CT molecular complexity index is 429. The predicted molar refractivity (Wildman–Crippen MR) is 109 cm³/mol. The fourth-order valence-electron chi connectivity index (χ4n) is 3.25. The van der Waals surface area contributed by atoms with Crippen molar-refractivity contribution in [2.75, 3.05) is 0 Å². The molecule has 3 heteroatoms. The predicted octanol–water partition coefficient (Wildman–Crippen LogP) is 6.81. The van der Waals surface area contributed by atoms with Gasteiger partial charge in [-0.1, -0.05) is 91.2 Å². The van der Waals surface area contributed by atoms with Crippen molar-refractivity contribution in [3.63, 3.8) is 0 Å². The average molecular weight is 350 g/mol. The van der Waals surface area contributed by atoms with Crippen LogP contribution in [0.3, 0.4) is 0 Å². The Morgan fingerprint density at radius 1 is 0.880 bits per heavy atom. The van der Waals surface area contributed by atoms with Crippen molar-refractivity contribution >= 4 is 0 Å². The summed E-state index contributed by atoms with van der Waals surface area (Å²) in [5, 5.41) is 8.60. The summed E-state index contributed by atoms with van der Waals surface area (Å²) < 4.78 is 2.04. The highest BCUT2D eigenvalue weighted by molar-refractivity contribution is 4.92. The van der Waals surface area contributed by atoms with E-state index in [1.54, 1.807) is 0 Å². The highest BCUT2D eigenvalue weighted by Gasteiger charge is 2.10. The van der Waals surface area contributed by atoms with Gasteiger partial charge in [0.05, 0.1) is 5.69 Å². The first-order valence-electron chi connectivity index (χ1n) is 10.8. The van der Waals surface area contributed by atoms with Crippen molar-refractivity contribution in [3.8, 4) is 0 Å². The van der Waals surface area contributed by atoms with Gasteiger partial charge in [-0.15, -0.1) is 5.10 Å². The van der Waals surface area contributed by atoms with Gasteiger partial charge in [0.1, 0.15) is 0 Å². The molecule has 3 nitrogen and oxygen atoms in total. The number of aromatic nitrogens is 3. The highest BCUT2D eigenvalue weighted by Crippen LogP contribution is 2.21. The van der Waals surface area contributed by atoms with E-state index >= 15 is 0 Å². The minimum atomic E-state index is 0.421. The molecule has 0 saturated heterocycles. The molecule has 0 atom stereocenters. The molecule has 25 heavy (non-hydrogen) atoms. The van der Waals surface area contributed by atoms with Gasteiger partial charge in [-0.3, -0.25) is 4.68 Å². The summed E-state index contributed by atoms with van der Waals surface area (Å²) in [5.41, 5.74) is 1.58. The van der Waals surface area contributed by atoms with Crippen LogP contribution in [0.25, 0.3) is 0 Å². The number of nitrogens with zero attached hydrogens (tertiary/aromatic N) is 3.